The zero-order valence-electron chi connectivity index (χ0n) is 14.5. The highest BCUT2D eigenvalue weighted by atomic mass is 16.6. The molecule has 3 aromatic carbocycles. The van der Waals surface area contributed by atoms with E-state index in [0.717, 1.165) is 16.5 Å². The van der Waals surface area contributed by atoms with Crippen LogP contribution in [0.2, 0.25) is 0 Å². The molecular weight excluding hydrogens is 344 g/mol. The van der Waals surface area contributed by atoms with Gasteiger partial charge in [-0.1, -0.05) is 42.5 Å². The van der Waals surface area contributed by atoms with E-state index in [2.05, 4.69) is 5.32 Å². The highest BCUT2D eigenvalue weighted by Gasteiger charge is 2.04. The molecule has 0 fully saturated rings. The molecule has 0 radical (unpaired) electrons. The van der Waals surface area contributed by atoms with Crippen molar-refractivity contribution in [2.75, 3.05) is 13.2 Å². The molecule has 3 aromatic rings. The number of hydrogen-bond donors (Lipinski definition) is 1. The van der Waals surface area contributed by atoms with Crippen LogP contribution in [-0.2, 0) is 4.79 Å². The van der Waals surface area contributed by atoms with Crippen molar-refractivity contribution in [3.63, 3.8) is 0 Å². The van der Waals surface area contributed by atoms with Gasteiger partial charge in [-0.3, -0.25) is 14.9 Å². The lowest BCUT2D eigenvalue weighted by atomic mass is 10.1. The van der Waals surface area contributed by atoms with Crippen molar-refractivity contribution < 1.29 is 14.5 Å². The van der Waals surface area contributed by atoms with Crippen molar-refractivity contribution >= 4 is 28.4 Å². The number of hydrogen-bond acceptors (Lipinski definition) is 4. The number of carbonyl (C=O) groups is 1. The lowest BCUT2D eigenvalue weighted by molar-refractivity contribution is -0.384. The Bertz CT molecular complexity index is 998. The first-order chi connectivity index (χ1) is 13.1. The average Bonchev–Trinajstić information content (AvgIpc) is 2.69. The first-order valence-corrected chi connectivity index (χ1v) is 8.44. The second-order valence-electron chi connectivity index (χ2n) is 5.83. The third-order valence-electron chi connectivity index (χ3n) is 3.90. The number of amides is 1. The SMILES string of the molecule is O=C(C=Cc1cccc([N+](=O)[O-])c1)NCCOc1ccc2ccccc2c1. The molecule has 0 bridgehead atoms. The number of nitrogens with one attached hydrogen (secondary N) is 1. The van der Waals surface area contributed by atoms with Crippen LogP contribution in [0.4, 0.5) is 5.69 Å². The maximum Gasteiger partial charge on any atom is 0.270 e. The van der Waals surface area contributed by atoms with Crippen molar-refractivity contribution in [1.82, 2.24) is 5.32 Å². The van der Waals surface area contributed by atoms with Crippen molar-refractivity contribution in [3.05, 3.63) is 88.5 Å². The summed E-state index contributed by atoms with van der Waals surface area (Å²) in [6.45, 7) is 0.694. The fraction of sp³-hybridized carbons (Fsp3) is 0.0952. The van der Waals surface area contributed by atoms with E-state index >= 15 is 0 Å². The van der Waals surface area contributed by atoms with Crippen LogP contribution in [0.25, 0.3) is 16.8 Å². The van der Waals surface area contributed by atoms with Gasteiger partial charge in [-0.15, -0.1) is 0 Å². The molecule has 0 atom stereocenters. The predicted octanol–water partition coefficient (Wildman–Crippen LogP) is 3.96. The summed E-state index contributed by atoms with van der Waals surface area (Å²) in [5.41, 5.74) is 0.577. The van der Waals surface area contributed by atoms with Crippen LogP contribution in [-0.4, -0.2) is 24.0 Å². The maximum atomic E-state index is 11.8. The Balaban J connectivity index is 1.46. The van der Waals surface area contributed by atoms with Gasteiger partial charge in [0.1, 0.15) is 12.4 Å². The molecule has 1 N–H and O–H groups in total. The minimum atomic E-state index is -0.471. The van der Waals surface area contributed by atoms with Crippen LogP contribution >= 0.6 is 0 Å². The Morgan fingerprint density at radius 3 is 2.67 bits per heavy atom. The summed E-state index contributed by atoms with van der Waals surface area (Å²) >= 11 is 0. The minimum Gasteiger partial charge on any atom is -0.492 e. The molecule has 0 unspecified atom stereocenters. The van der Waals surface area contributed by atoms with E-state index in [9.17, 15) is 14.9 Å². The predicted molar refractivity (Wildman–Crippen MR) is 105 cm³/mol. The third kappa shape index (κ3) is 5.15. The van der Waals surface area contributed by atoms with E-state index in [1.54, 1.807) is 12.1 Å². The number of non-ortho nitro benzene ring substituents is 1. The van der Waals surface area contributed by atoms with Gasteiger partial charge < -0.3 is 10.1 Å². The highest BCUT2D eigenvalue weighted by Crippen LogP contribution is 2.20. The van der Waals surface area contributed by atoms with Crippen LogP contribution in [0.1, 0.15) is 5.56 Å². The van der Waals surface area contributed by atoms with Crippen LogP contribution in [0.15, 0.2) is 72.8 Å². The quantitative estimate of drug-likeness (QED) is 0.299. The van der Waals surface area contributed by atoms with Gasteiger partial charge in [0.05, 0.1) is 11.5 Å². The molecule has 0 aliphatic rings. The Morgan fingerprint density at radius 1 is 1.04 bits per heavy atom. The maximum absolute atomic E-state index is 11.8. The lowest BCUT2D eigenvalue weighted by Crippen LogP contribution is -2.26. The fourth-order valence-corrected chi connectivity index (χ4v) is 2.57. The second kappa shape index (κ2) is 8.62. The van der Waals surface area contributed by atoms with E-state index in [-0.39, 0.29) is 11.6 Å². The molecule has 0 aliphatic carbocycles. The van der Waals surface area contributed by atoms with E-state index in [1.165, 1.54) is 24.3 Å². The van der Waals surface area contributed by atoms with E-state index in [1.807, 2.05) is 42.5 Å². The van der Waals surface area contributed by atoms with Gasteiger partial charge in [0.25, 0.3) is 5.69 Å². The summed E-state index contributed by atoms with van der Waals surface area (Å²) in [6, 6.07) is 19.9. The van der Waals surface area contributed by atoms with Crippen molar-refractivity contribution in [2.45, 2.75) is 0 Å². The summed E-state index contributed by atoms with van der Waals surface area (Å²) in [5, 5.41) is 15.7. The molecule has 27 heavy (non-hydrogen) atoms. The number of rotatable bonds is 7. The molecule has 0 saturated carbocycles. The molecule has 0 aliphatic heterocycles. The normalized spacial score (nSPS) is 10.8. The Kier molecular flexibility index (Phi) is 5.79. The van der Waals surface area contributed by atoms with Crippen LogP contribution < -0.4 is 10.1 Å². The molecule has 0 spiro atoms. The van der Waals surface area contributed by atoms with Crippen LogP contribution in [0.5, 0.6) is 5.75 Å². The molecule has 1 amide bonds. The number of fused-ring (bicyclic) bond motifs is 1. The summed E-state index contributed by atoms with van der Waals surface area (Å²) in [7, 11) is 0. The van der Waals surface area contributed by atoms with Gasteiger partial charge in [-0.2, -0.15) is 0 Å². The highest BCUT2D eigenvalue weighted by molar-refractivity contribution is 5.91. The number of benzene rings is 3. The number of ether oxygens (including phenoxy) is 1. The average molecular weight is 362 g/mol. The van der Waals surface area contributed by atoms with Crippen LogP contribution in [0, 0.1) is 10.1 Å². The largest absolute Gasteiger partial charge is 0.492 e. The zero-order valence-corrected chi connectivity index (χ0v) is 14.5. The van der Waals surface area contributed by atoms with E-state index < -0.39 is 4.92 Å². The van der Waals surface area contributed by atoms with E-state index in [4.69, 9.17) is 4.74 Å². The van der Waals surface area contributed by atoms with Gasteiger partial charge in [-0.25, -0.2) is 0 Å². The number of carbonyl (C=O) groups excluding carboxylic acids is 1. The topological polar surface area (TPSA) is 81.5 Å². The molecule has 0 aromatic heterocycles. The number of nitro benzene ring substituents is 1. The van der Waals surface area contributed by atoms with Gasteiger partial charge in [0.15, 0.2) is 0 Å². The molecule has 0 saturated heterocycles. The first-order valence-electron chi connectivity index (χ1n) is 8.44. The molecular formula is C21H18N2O4. The Labute approximate surface area is 156 Å². The lowest BCUT2D eigenvalue weighted by Gasteiger charge is -2.07. The molecule has 136 valence electrons. The monoisotopic (exact) mass is 362 g/mol. The zero-order chi connectivity index (χ0) is 19.1. The van der Waals surface area contributed by atoms with Gasteiger partial charge >= 0.3 is 0 Å². The number of nitrogens with zero attached hydrogens (tertiary/aromatic N) is 1. The smallest absolute Gasteiger partial charge is 0.270 e. The number of nitro groups is 1. The van der Waals surface area contributed by atoms with Crippen molar-refractivity contribution in [3.8, 4) is 5.75 Å². The summed E-state index contributed by atoms with van der Waals surface area (Å²) in [5.74, 6) is 0.457. The van der Waals surface area contributed by atoms with E-state index in [0.29, 0.717) is 18.7 Å². The molecule has 6 nitrogen and oxygen atoms in total. The second-order valence-corrected chi connectivity index (χ2v) is 5.83. The summed E-state index contributed by atoms with van der Waals surface area (Å²) < 4.78 is 5.66. The third-order valence-corrected chi connectivity index (χ3v) is 3.90. The molecule has 3 rings (SSSR count). The first kappa shape index (κ1) is 18.1. The molecule has 0 heterocycles. The van der Waals surface area contributed by atoms with Gasteiger partial charge in [-0.05, 0) is 34.5 Å². The van der Waals surface area contributed by atoms with Gasteiger partial charge in [0, 0.05) is 18.2 Å². The fourth-order valence-electron chi connectivity index (χ4n) is 2.57. The van der Waals surface area contributed by atoms with Crippen molar-refractivity contribution in [1.29, 1.82) is 0 Å². The minimum absolute atomic E-state index is 0.0126. The standard InChI is InChI=1S/C21H18N2O4/c24-21(11-8-16-4-3-7-19(14-16)23(25)26)22-12-13-27-20-10-9-17-5-1-2-6-18(17)15-20/h1-11,14-15H,12-13H2,(H,22,24). The van der Waals surface area contributed by atoms with Crippen LogP contribution in [0.3, 0.4) is 0 Å². The molecule has 6 heteroatoms. The Hall–Kier alpha value is -3.67. The van der Waals surface area contributed by atoms with Gasteiger partial charge in [0.2, 0.25) is 5.91 Å². The Morgan fingerprint density at radius 2 is 1.85 bits per heavy atom. The summed E-state index contributed by atoms with van der Waals surface area (Å²) in [4.78, 5) is 22.1. The summed E-state index contributed by atoms with van der Waals surface area (Å²) in [6.07, 6.45) is 2.88. The van der Waals surface area contributed by atoms with Crippen molar-refractivity contribution in [2.24, 2.45) is 0 Å².